The van der Waals surface area contributed by atoms with Gasteiger partial charge in [-0.3, -0.25) is 0 Å². The Morgan fingerprint density at radius 1 is 0.971 bits per heavy atom. The van der Waals surface area contributed by atoms with E-state index in [-0.39, 0.29) is 5.82 Å². The first-order valence-electron chi connectivity index (χ1n) is 11.9. The normalized spacial score (nSPS) is 13.7. The molecule has 1 saturated heterocycles. The zero-order valence-electron chi connectivity index (χ0n) is 20.1. The van der Waals surface area contributed by atoms with Crippen LogP contribution >= 0.6 is 11.6 Å². The average molecular weight is 500 g/mol. The Labute approximate surface area is 210 Å². The number of halogens is 2. The van der Waals surface area contributed by atoms with Gasteiger partial charge in [0, 0.05) is 62.3 Å². The first kappa shape index (κ1) is 24.9. The van der Waals surface area contributed by atoms with Gasteiger partial charge in [0.15, 0.2) is 0 Å². The molecule has 4 rings (SSSR count). The standard InChI is InChI=1S/C25H31ClFN7O/c1-3-35-16-4-11-28-23-30-24(29-22-10-5-19(26)17-18(22)2)32-25(31-23)34-14-12-33(13-15-34)21-8-6-20(27)7-9-21/h5-10,17H,3-4,11-16H2,1-2H3,(H2,28,29,30,31,32). The van der Waals surface area contributed by atoms with Gasteiger partial charge >= 0.3 is 0 Å². The fourth-order valence-electron chi connectivity index (χ4n) is 3.86. The van der Waals surface area contributed by atoms with E-state index >= 15 is 0 Å². The molecular formula is C25H31ClFN7O. The van der Waals surface area contributed by atoms with Crippen molar-refractivity contribution in [3.63, 3.8) is 0 Å². The number of ether oxygens (including phenoxy) is 1. The summed E-state index contributed by atoms with van der Waals surface area (Å²) < 4.78 is 18.7. The summed E-state index contributed by atoms with van der Waals surface area (Å²) >= 11 is 6.11. The van der Waals surface area contributed by atoms with E-state index in [1.165, 1.54) is 12.1 Å². The van der Waals surface area contributed by atoms with Crippen molar-refractivity contribution in [1.82, 2.24) is 15.0 Å². The number of nitrogens with zero attached hydrogens (tertiary/aromatic N) is 5. The molecule has 1 fully saturated rings. The second-order valence-corrected chi connectivity index (χ2v) is 8.73. The third kappa shape index (κ3) is 6.93. The topological polar surface area (TPSA) is 78.4 Å². The van der Waals surface area contributed by atoms with Crippen LogP contribution in [0.15, 0.2) is 42.5 Å². The molecule has 186 valence electrons. The van der Waals surface area contributed by atoms with E-state index in [1.54, 1.807) is 0 Å². The Balaban J connectivity index is 1.49. The monoisotopic (exact) mass is 499 g/mol. The van der Waals surface area contributed by atoms with E-state index in [4.69, 9.17) is 21.3 Å². The van der Waals surface area contributed by atoms with Gasteiger partial charge in [0.2, 0.25) is 17.8 Å². The van der Waals surface area contributed by atoms with Crippen LogP contribution in [0, 0.1) is 12.7 Å². The van der Waals surface area contributed by atoms with Gasteiger partial charge in [-0.15, -0.1) is 0 Å². The maximum Gasteiger partial charge on any atom is 0.233 e. The lowest BCUT2D eigenvalue weighted by molar-refractivity contribution is 0.147. The number of rotatable bonds is 10. The molecule has 2 N–H and O–H groups in total. The number of hydrogen-bond donors (Lipinski definition) is 2. The molecule has 1 aliphatic rings. The highest BCUT2D eigenvalue weighted by molar-refractivity contribution is 6.30. The fraction of sp³-hybridized carbons (Fsp3) is 0.400. The molecule has 2 heterocycles. The van der Waals surface area contributed by atoms with E-state index in [2.05, 4.69) is 30.4 Å². The lowest BCUT2D eigenvalue weighted by Crippen LogP contribution is -2.47. The highest BCUT2D eigenvalue weighted by atomic mass is 35.5. The van der Waals surface area contributed by atoms with Crippen molar-refractivity contribution in [2.75, 3.05) is 66.4 Å². The number of anilines is 5. The minimum atomic E-state index is -0.227. The summed E-state index contributed by atoms with van der Waals surface area (Å²) in [6.07, 6.45) is 0.851. The van der Waals surface area contributed by atoms with Gasteiger partial charge in [-0.2, -0.15) is 15.0 Å². The SMILES string of the molecule is CCOCCCNc1nc(Nc2ccc(Cl)cc2C)nc(N2CCN(c3ccc(F)cc3)CC2)n1. The largest absolute Gasteiger partial charge is 0.382 e. The smallest absolute Gasteiger partial charge is 0.233 e. The number of hydrogen-bond acceptors (Lipinski definition) is 8. The van der Waals surface area contributed by atoms with Crippen LogP contribution in [0.4, 0.5) is 33.6 Å². The van der Waals surface area contributed by atoms with E-state index in [1.807, 2.05) is 44.2 Å². The van der Waals surface area contributed by atoms with Gasteiger partial charge in [0.05, 0.1) is 0 Å². The third-order valence-corrected chi connectivity index (χ3v) is 6.00. The van der Waals surface area contributed by atoms with E-state index in [0.717, 1.165) is 49.5 Å². The molecule has 3 aromatic rings. The zero-order chi connectivity index (χ0) is 24.6. The molecule has 0 bridgehead atoms. The molecule has 1 aliphatic heterocycles. The summed E-state index contributed by atoms with van der Waals surface area (Å²) in [5.41, 5.74) is 2.90. The maximum atomic E-state index is 13.3. The summed E-state index contributed by atoms with van der Waals surface area (Å²) in [5, 5.41) is 7.29. The van der Waals surface area contributed by atoms with Crippen LogP contribution in [0.3, 0.4) is 0 Å². The molecule has 0 saturated carbocycles. The number of benzene rings is 2. The molecule has 0 spiro atoms. The summed E-state index contributed by atoms with van der Waals surface area (Å²) in [7, 11) is 0. The number of aryl methyl sites for hydroxylation is 1. The van der Waals surface area contributed by atoms with Crippen LogP contribution in [0.2, 0.25) is 5.02 Å². The van der Waals surface area contributed by atoms with E-state index < -0.39 is 0 Å². The average Bonchev–Trinajstić information content (AvgIpc) is 2.86. The molecular weight excluding hydrogens is 469 g/mol. The van der Waals surface area contributed by atoms with Crippen LogP contribution in [0.5, 0.6) is 0 Å². The summed E-state index contributed by atoms with van der Waals surface area (Å²) in [4.78, 5) is 18.4. The summed E-state index contributed by atoms with van der Waals surface area (Å²) in [6, 6.07) is 12.3. The zero-order valence-corrected chi connectivity index (χ0v) is 20.9. The first-order chi connectivity index (χ1) is 17.0. The Morgan fingerprint density at radius 2 is 1.69 bits per heavy atom. The van der Waals surface area contributed by atoms with Crippen LogP contribution in [-0.4, -0.2) is 60.9 Å². The van der Waals surface area contributed by atoms with Crippen LogP contribution in [0.1, 0.15) is 18.9 Å². The molecule has 2 aromatic carbocycles. The van der Waals surface area contributed by atoms with Crippen LogP contribution in [0.25, 0.3) is 0 Å². The van der Waals surface area contributed by atoms with Crippen molar-refractivity contribution in [2.45, 2.75) is 20.3 Å². The first-order valence-corrected chi connectivity index (χ1v) is 12.3. The van der Waals surface area contributed by atoms with E-state index in [0.29, 0.717) is 42.6 Å². The van der Waals surface area contributed by atoms with Gasteiger partial charge < -0.3 is 25.2 Å². The van der Waals surface area contributed by atoms with Crippen molar-refractivity contribution in [2.24, 2.45) is 0 Å². The molecule has 10 heteroatoms. The second-order valence-electron chi connectivity index (χ2n) is 8.29. The van der Waals surface area contributed by atoms with Gasteiger partial charge in [0.25, 0.3) is 0 Å². The van der Waals surface area contributed by atoms with Crippen molar-refractivity contribution >= 4 is 40.8 Å². The van der Waals surface area contributed by atoms with Crippen LogP contribution in [-0.2, 0) is 4.74 Å². The molecule has 0 aliphatic carbocycles. The second kappa shape index (κ2) is 12.0. The van der Waals surface area contributed by atoms with Crippen molar-refractivity contribution in [1.29, 1.82) is 0 Å². The lowest BCUT2D eigenvalue weighted by Gasteiger charge is -2.36. The van der Waals surface area contributed by atoms with Gasteiger partial charge in [-0.05, 0) is 68.3 Å². The molecule has 35 heavy (non-hydrogen) atoms. The Kier molecular flexibility index (Phi) is 8.54. The third-order valence-electron chi connectivity index (χ3n) is 5.77. The molecule has 0 unspecified atom stereocenters. The van der Waals surface area contributed by atoms with Crippen molar-refractivity contribution in [3.05, 3.63) is 58.9 Å². The Morgan fingerprint density at radius 3 is 2.40 bits per heavy atom. The Bertz CT molecular complexity index is 1110. The Hall–Kier alpha value is -3.17. The minimum Gasteiger partial charge on any atom is -0.382 e. The molecule has 0 atom stereocenters. The maximum absolute atomic E-state index is 13.3. The van der Waals surface area contributed by atoms with Crippen molar-refractivity contribution in [3.8, 4) is 0 Å². The molecule has 0 radical (unpaired) electrons. The predicted octanol–water partition coefficient (Wildman–Crippen LogP) is 4.88. The molecule has 0 amide bonds. The van der Waals surface area contributed by atoms with Gasteiger partial charge in [-0.25, -0.2) is 4.39 Å². The molecule has 1 aromatic heterocycles. The lowest BCUT2D eigenvalue weighted by atomic mass is 10.2. The van der Waals surface area contributed by atoms with E-state index in [9.17, 15) is 4.39 Å². The minimum absolute atomic E-state index is 0.227. The highest BCUT2D eigenvalue weighted by Crippen LogP contribution is 2.24. The quantitative estimate of drug-likeness (QED) is 0.382. The number of aromatic nitrogens is 3. The van der Waals surface area contributed by atoms with Gasteiger partial charge in [-0.1, -0.05) is 11.6 Å². The highest BCUT2D eigenvalue weighted by Gasteiger charge is 2.21. The van der Waals surface area contributed by atoms with Crippen LogP contribution < -0.4 is 20.4 Å². The summed E-state index contributed by atoms with van der Waals surface area (Å²) in [5.74, 6) is 1.37. The molecule has 8 nitrogen and oxygen atoms in total. The number of piperazine rings is 1. The van der Waals surface area contributed by atoms with Gasteiger partial charge in [0.1, 0.15) is 5.82 Å². The fourth-order valence-corrected chi connectivity index (χ4v) is 4.09. The van der Waals surface area contributed by atoms with Crippen molar-refractivity contribution < 1.29 is 9.13 Å². The number of nitrogens with one attached hydrogen (secondary N) is 2. The predicted molar refractivity (Wildman–Crippen MR) is 140 cm³/mol. The summed E-state index contributed by atoms with van der Waals surface area (Å²) in [6.45, 7) is 9.10.